The molecule has 1 aromatic rings. The lowest BCUT2D eigenvalue weighted by molar-refractivity contribution is -0.150. The predicted octanol–water partition coefficient (Wildman–Crippen LogP) is 1.02. The molecule has 1 aromatic heterocycles. The number of aryl methyl sites for hydroxylation is 1. The second kappa shape index (κ2) is 10.8. The minimum Gasteiger partial charge on any atom is -0.460 e. The van der Waals surface area contributed by atoms with Crippen LogP contribution in [0.4, 0.5) is 0 Å². The summed E-state index contributed by atoms with van der Waals surface area (Å²) in [4.78, 5) is 37.6. The minimum atomic E-state index is -3.05. The number of carbonyl (C=O) groups is 1. The number of H-pyrrole nitrogens is 1. The zero-order chi connectivity index (χ0) is 22.3. The number of nitriles is 1. The molecule has 2 heterocycles. The maximum absolute atomic E-state index is 12.2. The first kappa shape index (κ1) is 24.2. The smallest absolute Gasteiger partial charge is 0.330 e. The molecule has 11 nitrogen and oxygen atoms in total. The van der Waals surface area contributed by atoms with Gasteiger partial charge in [0.25, 0.3) is 5.56 Å². The van der Waals surface area contributed by atoms with E-state index in [2.05, 4.69) is 4.98 Å². The molecule has 1 saturated heterocycles. The average molecular weight is 441 g/mol. The first-order valence-electron chi connectivity index (χ1n) is 9.46. The monoisotopic (exact) mass is 441 g/mol. The SMILES string of the molecule is CCO[P+]([B-]C#N)(OCC)OCC1OC(n2cc(C)c(=O)[nH]c2=O)CC1OC(C)=O. The van der Waals surface area contributed by atoms with E-state index in [4.69, 9.17) is 28.3 Å². The van der Waals surface area contributed by atoms with Crippen LogP contribution in [0.25, 0.3) is 0 Å². The Kier molecular flexibility index (Phi) is 8.76. The highest BCUT2D eigenvalue weighted by Gasteiger charge is 2.42. The Morgan fingerprint density at radius 1 is 1.37 bits per heavy atom. The third kappa shape index (κ3) is 6.00. The molecule has 1 N–H and O–H groups in total. The van der Waals surface area contributed by atoms with Crippen LogP contribution in [0.3, 0.4) is 0 Å². The molecule has 13 heteroatoms. The molecule has 1 aliphatic rings. The van der Waals surface area contributed by atoms with Crippen LogP contribution in [-0.4, -0.2) is 54.5 Å². The van der Waals surface area contributed by atoms with Crippen LogP contribution in [0.1, 0.15) is 39.0 Å². The van der Waals surface area contributed by atoms with Gasteiger partial charge in [-0.3, -0.25) is 24.4 Å². The summed E-state index contributed by atoms with van der Waals surface area (Å²) >= 11 is 0. The number of nitrogens with zero attached hydrogens (tertiary/aromatic N) is 2. The maximum atomic E-state index is 12.2. The van der Waals surface area contributed by atoms with E-state index in [0.29, 0.717) is 5.56 Å². The van der Waals surface area contributed by atoms with Crippen molar-refractivity contribution in [3.63, 3.8) is 0 Å². The van der Waals surface area contributed by atoms with Crippen LogP contribution < -0.4 is 11.2 Å². The van der Waals surface area contributed by atoms with Gasteiger partial charge in [-0.25, -0.2) is 18.4 Å². The average Bonchev–Trinajstić information content (AvgIpc) is 3.05. The van der Waals surface area contributed by atoms with Crippen LogP contribution in [0.2, 0.25) is 0 Å². The number of nitrogens with one attached hydrogen (secondary N) is 1. The molecule has 0 saturated carbocycles. The number of hydrogen-bond acceptors (Lipinski definition) is 9. The van der Waals surface area contributed by atoms with Crippen LogP contribution in [0.5, 0.6) is 0 Å². The number of rotatable bonds is 10. The highest BCUT2D eigenvalue weighted by Crippen LogP contribution is 2.60. The molecule has 3 unspecified atom stereocenters. The van der Waals surface area contributed by atoms with Crippen molar-refractivity contribution in [2.24, 2.45) is 0 Å². The van der Waals surface area contributed by atoms with Gasteiger partial charge in [-0.05, 0) is 20.8 Å². The molecule has 2 rings (SSSR count). The van der Waals surface area contributed by atoms with Crippen LogP contribution >= 0.6 is 7.82 Å². The number of aromatic nitrogens is 2. The van der Waals surface area contributed by atoms with Gasteiger partial charge in [0.1, 0.15) is 25.0 Å². The zero-order valence-corrected chi connectivity index (χ0v) is 18.2. The summed E-state index contributed by atoms with van der Waals surface area (Å²) in [6, 6.07) is 0. The molecule has 1 fully saturated rings. The fourth-order valence-electron chi connectivity index (χ4n) is 2.99. The van der Waals surface area contributed by atoms with E-state index in [1.54, 1.807) is 20.8 Å². The molecular weight excluding hydrogens is 416 g/mol. The van der Waals surface area contributed by atoms with E-state index < -0.39 is 43.5 Å². The summed E-state index contributed by atoms with van der Waals surface area (Å²) in [6.07, 6.45) is -0.668. The molecule has 164 valence electrons. The summed E-state index contributed by atoms with van der Waals surface area (Å²) in [6.45, 7) is 7.94. The van der Waals surface area contributed by atoms with Gasteiger partial charge in [0, 0.05) is 25.1 Å². The van der Waals surface area contributed by atoms with Crippen molar-refractivity contribution >= 4 is 20.8 Å². The van der Waals surface area contributed by atoms with Crippen molar-refractivity contribution < 1.29 is 27.8 Å². The quantitative estimate of drug-likeness (QED) is 0.320. The molecule has 0 aromatic carbocycles. The molecule has 2 radical (unpaired) electrons. The molecule has 3 atom stereocenters. The van der Waals surface area contributed by atoms with Crippen LogP contribution in [-0.2, 0) is 27.8 Å². The summed E-state index contributed by atoms with van der Waals surface area (Å²) in [5.41, 5.74) is -0.786. The molecule has 0 spiro atoms. The van der Waals surface area contributed by atoms with E-state index in [-0.39, 0.29) is 26.2 Å². The van der Waals surface area contributed by atoms with Crippen LogP contribution in [0, 0.1) is 18.2 Å². The highest BCUT2D eigenvalue weighted by atomic mass is 31.2. The first-order chi connectivity index (χ1) is 14.2. The third-order valence-corrected chi connectivity index (χ3v) is 6.38. The van der Waals surface area contributed by atoms with E-state index in [0.717, 1.165) is 0 Å². The Balaban J connectivity index is 2.23. The lowest BCUT2D eigenvalue weighted by atomic mass is 10.2. The van der Waals surface area contributed by atoms with Gasteiger partial charge in [0.2, 0.25) is 0 Å². The van der Waals surface area contributed by atoms with Crippen molar-refractivity contribution in [3.05, 3.63) is 32.6 Å². The minimum absolute atomic E-state index is 0.0997. The van der Waals surface area contributed by atoms with E-state index in [9.17, 15) is 14.4 Å². The number of carbonyl (C=O) groups excluding carboxylic acids is 1. The molecule has 0 amide bonds. The first-order valence-corrected chi connectivity index (χ1v) is 11.1. The Labute approximate surface area is 175 Å². The summed E-state index contributed by atoms with van der Waals surface area (Å²) in [7, 11) is -3.05. The highest BCUT2D eigenvalue weighted by molar-refractivity contribution is 7.90. The fraction of sp³-hybridized carbons (Fsp3) is 0.647. The molecule has 1 aliphatic heterocycles. The Bertz CT molecular complexity index is 892. The van der Waals surface area contributed by atoms with Gasteiger partial charge in [0.05, 0.1) is 13.2 Å². The standard InChI is InChI=1S/C17H24BN3O8P/c1-5-25-30(18-10-19,26-6-2)27-9-14-13(28-12(4)22)7-15(29-14)21-8-11(3)16(23)20-17(21)24/h8,13-15H,5-7,9H2,1-4H3/q-1/p+1. The number of esters is 1. The Morgan fingerprint density at radius 3 is 2.60 bits per heavy atom. The van der Waals surface area contributed by atoms with Gasteiger partial charge in [-0.15, -0.1) is 0 Å². The second-order valence-corrected chi connectivity index (χ2v) is 8.53. The van der Waals surface area contributed by atoms with Crippen LogP contribution in [0.15, 0.2) is 15.8 Å². The predicted molar refractivity (Wildman–Crippen MR) is 108 cm³/mol. The van der Waals surface area contributed by atoms with Crippen molar-refractivity contribution in [3.8, 4) is 5.97 Å². The third-order valence-electron chi connectivity index (χ3n) is 4.21. The Hall–Kier alpha value is -2.03. The van der Waals surface area contributed by atoms with Gasteiger partial charge in [-0.2, -0.15) is 5.97 Å². The van der Waals surface area contributed by atoms with Crippen molar-refractivity contribution in [1.29, 1.82) is 5.26 Å². The van der Waals surface area contributed by atoms with E-state index >= 15 is 0 Å². The summed E-state index contributed by atoms with van der Waals surface area (Å²) in [5.74, 6) is 1.38. The second-order valence-electron chi connectivity index (χ2n) is 6.42. The zero-order valence-electron chi connectivity index (χ0n) is 17.3. The fourth-order valence-corrected chi connectivity index (χ4v) is 4.65. The van der Waals surface area contributed by atoms with E-state index in [1.807, 2.05) is 5.97 Å². The molecule has 0 aliphatic carbocycles. The summed E-state index contributed by atoms with van der Waals surface area (Å²) in [5, 5.41) is 9.10. The van der Waals surface area contributed by atoms with Crippen molar-refractivity contribution in [1.82, 2.24) is 9.55 Å². The van der Waals surface area contributed by atoms with Gasteiger partial charge in [0.15, 0.2) is 14.8 Å². The lowest BCUT2D eigenvalue weighted by Gasteiger charge is -2.30. The maximum Gasteiger partial charge on any atom is 0.330 e. The van der Waals surface area contributed by atoms with E-state index in [1.165, 1.54) is 24.7 Å². The molecule has 0 bridgehead atoms. The number of ether oxygens (including phenoxy) is 2. The normalized spacial score (nSPS) is 21.4. The van der Waals surface area contributed by atoms with Gasteiger partial charge >= 0.3 is 11.7 Å². The molecular formula is C17H25BN3O8P. The lowest BCUT2D eigenvalue weighted by Crippen LogP contribution is -2.33. The van der Waals surface area contributed by atoms with Gasteiger partial charge in [-0.1, -0.05) is 0 Å². The van der Waals surface area contributed by atoms with Gasteiger partial charge < -0.3 is 9.47 Å². The topological polar surface area (TPSA) is 142 Å². The Morgan fingerprint density at radius 2 is 2.03 bits per heavy atom. The summed E-state index contributed by atoms with van der Waals surface area (Å²) < 4.78 is 29.5. The molecule has 30 heavy (non-hydrogen) atoms. The largest absolute Gasteiger partial charge is 0.460 e. The number of hydrogen-bond donors (Lipinski definition) is 1. The number of aromatic amines is 1. The van der Waals surface area contributed by atoms with Crippen molar-refractivity contribution in [2.75, 3.05) is 19.8 Å². The van der Waals surface area contributed by atoms with Crippen molar-refractivity contribution in [2.45, 2.75) is 52.6 Å².